The van der Waals surface area contributed by atoms with E-state index in [4.69, 9.17) is 4.42 Å². The highest BCUT2D eigenvalue weighted by molar-refractivity contribution is 7.27. The molecule has 11 aromatic rings. The summed E-state index contributed by atoms with van der Waals surface area (Å²) in [5, 5.41) is 7.88. The molecule has 3 aromatic heterocycles. The summed E-state index contributed by atoms with van der Waals surface area (Å²) in [6.45, 7) is 11.7. The van der Waals surface area contributed by atoms with Crippen molar-refractivity contribution in [1.29, 1.82) is 0 Å². The van der Waals surface area contributed by atoms with Gasteiger partial charge >= 0.3 is 6.85 Å². The van der Waals surface area contributed by atoms with E-state index in [1.807, 2.05) is 11.3 Å². The van der Waals surface area contributed by atoms with Crippen LogP contribution in [0.15, 0.2) is 138 Å². The van der Waals surface area contributed by atoms with Gasteiger partial charge in [0.05, 0.1) is 11.0 Å². The zero-order valence-corrected chi connectivity index (χ0v) is 37.6. The predicted octanol–water partition coefficient (Wildman–Crippen LogP) is 14.8. The van der Waals surface area contributed by atoms with Crippen molar-refractivity contribution in [2.24, 2.45) is 0 Å². The molecule has 0 unspecified atom stereocenters. The zero-order valence-electron chi connectivity index (χ0n) is 36.8. The van der Waals surface area contributed by atoms with E-state index >= 15 is 0 Å². The van der Waals surface area contributed by atoms with Gasteiger partial charge in [0.1, 0.15) is 11.2 Å². The van der Waals surface area contributed by atoms with Crippen LogP contribution in [-0.2, 0) is 23.7 Å². The molecule has 0 fully saturated rings. The number of benzene rings is 8. The Labute approximate surface area is 376 Å². The van der Waals surface area contributed by atoms with Crippen LogP contribution in [0.3, 0.4) is 0 Å². The Hall–Kier alpha value is -6.56. The molecule has 5 heteroatoms. The number of rotatable bonds is 1. The van der Waals surface area contributed by atoms with Crippen molar-refractivity contribution in [3.63, 3.8) is 0 Å². The van der Waals surface area contributed by atoms with Crippen LogP contribution in [0.25, 0.3) is 91.9 Å². The van der Waals surface area contributed by atoms with E-state index in [2.05, 4.69) is 177 Å². The Kier molecular flexibility index (Phi) is 6.70. The lowest BCUT2D eigenvalue weighted by Crippen LogP contribution is -2.60. The maximum atomic E-state index is 6.84. The van der Waals surface area contributed by atoms with Crippen LogP contribution < -0.4 is 15.7 Å². The lowest BCUT2D eigenvalue weighted by molar-refractivity contribution is 0.590. The van der Waals surface area contributed by atoms with Crippen LogP contribution >= 0.6 is 11.3 Å². The van der Waals surface area contributed by atoms with E-state index in [0.717, 1.165) is 29.4 Å². The Morgan fingerprint density at radius 2 is 1.38 bits per heavy atom. The number of hydrogen-bond acceptors (Lipinski definition) is 3. The van der Waals surface area contributed by atoms with E-state index < -0.39 is 0 Å². The fourth-order valence-corrected chi connectivity index (χ4v) is 14.1. The van der Waals surface area contributed by atoms with Crippen LogP contribution in [0, 0.1) is 0 Å². The van der Waals surface area contributed by atoms with Gasteiger partial charge in [-0.25, -0.2) is 0 Å². The smallest absolute Gasteiger partial charge is 0.333 e. The highest BCUT2D eigenvalue weighted by Gasteiger charge is 2.48. The summed E-state index contributed by atoms with van der Waals surface area (Å²) >= 11 is 1.99. The first-order valence-corrected chi connectivity index (χ1v) is 24.1. The number of hydrogen-bond donors (Lipinski definition) is 0. The molecule has 3 nitrogen and oxygen atoms in total. The summed E-state index contributed by atoms with van der Waals surface area (Å²) in [6.07, 6.45) is 4.79. The maximum Gasteiger partial charge on any atom is 0.333 e. The number of fused-ring (bicyclic) bond motifs is 20. The van der Waals surface area contributed by atoms with Crippen LogP contribution in [0.4, 0.5) is 11.4 Å². The van der Waals surface area contributed by atoms with E-state index in [1.165, 1.54) is 138 Å². The molecule has 0 atom stereocenters. The molecule has 0 saturated carbocycles. The molecule has 5 heterocycles. The number of aryl methyl sites for hydroxylation is 2. The minimum atomic E-state index is -0.151. The normalized spacial score (nSPS) is 15.7. The Balaban J connectivity index is 1.19. The molecule has 0 N–H and O–H groups in total. The molecule has 15 rings (SSSR count). The predicted molar refractivity (Wildman–Crippen MR) is 273 cm³/mol. The maximum absolute atomic E-state index is 6.84. The van der Waals surface area contributed by atoms with Gasteiger partial charge in [-0.15, -0.1) is 11.3 Å². The van der Waals surface area contributed by atoms with Crippen molar-refractivity contribution < 1.29 is 4.42 Å². The third-order valence-electron chi connectivity index (χ3n) is 15.9. The summed E-state index contributed by atoms with van der Waals surface area (Å²) in [7, 11) is 0. The number of para-hydroxylation sites is 1. The Morgan fingerprint density at radius 1 is 0.625 bits per heavy atom. The molecule has 4 aliphatic rings. The summed E-state index contributed by atoms with van der Waals surface area (Å²) in [4.78, 5) is 2.72. The van der Waals surface area contributed by atoms with Gasteiger partial charge in [-0.3, -0.25) is 0 Å². The number of nitrogens with zero attached hydrogens (tertiary/aromatic N) is 2. The van der Waals surface area contributed by atoms with Gasteiger partial charge in [-0.1, -0.05) is 107 Å². The Morgan fingerprint density at radius 3 is 2.20 bits per heavy atom. The topological polar surface area (TPSA) is 21.3 Å². The fraction of sp³-hybridized carbons (Fsp3) is 0.186. The summed E-state index contributed by atoms with van der Waals surface area (Å²) < 4.78 is 12.3. The average Bonchev–Trinajstić information content (AvgIpc) is 4.03. The summed E-state index contributed by atoms with van der Waals surface area (Å²) in [5.41, 5.74) is 23.4. The third-order valence-corrected chi connectivity index (χ3v) is 17.0. The molecule has 0 spiro atoms. The van der Waals surface area contributed by atoms with Crippen molar-refractivity contribution in [3.8, 4) is 27.9 Å². The molecule has 64 heavy (non-hydrogen) atoms. The lowest BCUT2D eigenvalue weighted by atomic mass is 9.43. The monoisotopic (exact) mass is 840 g/mol. The van der Waals surface area contributed by atoms with Crippen LogP contribution in [-0.4, -0.2) is 11.4 Å². The van der Waals surface area contributed by atoms with Gasteiger partial charge in [0.15, 0.2) is 0 Å². The number of furan rings is 1. The lowest BCUT2D eigenvalue weighted by Gasteiger charge is -2.43. The third kappa shape index (κ3) is 4.39. The van der Waals surface area contributed by atoms with Crippen molar-refractivity contribution in [2.75, 3.05) is 4.81 Å². The summed E-state index contributed by atoms with van der Waals surface area (Å²) in [6, 6.07) is 51.7. The highest BCUT2D eigenvalue weighted by Crippen LogP contribution is 2.57. The molecule has 8 aromatic carbocycles. The first-order chi connectivity index (χ1) is 31.1. The van der Waals surface area contributed by atoms with Gasteiger partial charge in [0.25, 0.3) is 0 Å². The standard InChI is InChI=1S/C59H45BN2OS/c1-58(2,3)34-22-24-35(25-23-34)62-47-29-39-36-16-8-11-19-43(36)59(4,5)44(39)28-42(47)52-53-38-18-10-13-21-51(38)64-57(53)54-41-26-32-14-6-7-15-33(32)27-46(41)61-48-30-40-37-17-9-12-20-49(37)63-50(40)31-45(48)60(62)55(52)56(54)61/h8-13,16-31H,6-7,14-15H2,1-5H3. The van der Waals surface area contributed by atoms with E-state index in [1.54, 1.807) is 0 Å². The van der Waals surface area contributed by atoms with Crippen LogP contribution in [0.5, 0.6) is 0 Å². The minimum absolute atomic E-state index is 0.0310. The van der Waals surface area contributed by atoms with Crippen LogP contribution in [0.2, 0.25) is 0 Å². The van der Waals surface area contributed by atoms with Gasteiger partial charge in [0, 0.05) is 69.8 Å². The molecular formula is C59H45BN2OS. The van der Waals surface area contributed by atoms with Gasteiger partial charge < -0.3 is 13.8 Å². The van der Waals surface area contributed by atoms with E-state index in [-0.39, 0.29) is 17.7 Å². The van der Waals surface area contributed by atoms with Crippen LogP contribution in [0.1, 0.15) is 75.3 Å². The van der Waals surface area contributed by atoms with Gasteiger partial charge in [-0.2, -0.15) is 0 Å². The fourth-order valence-electron chi connectivity index (χ4n) is 12.8. The van der Waals surface area contributed by atoms with Crippen molar-refractivity contribution in [3.05, 3.63) is 161 Å². The number of thiophene rings is 1. The average molecular weight is 841 g/mol. The second-order valence-electron chi connectivity index (χ2n) is 20.7. The Bertz CT molecular complexity index is 3930. The van der Waals surface area contributed by atoms with E-state index in [0.29, 0.717) is 0 Å². The van der Waals surface area contributed by atoms with Crippen molar-refractivity contribution in [2.45, 2.75) is 71.1 Å². The minimum Gasteiger partial charge on any atom is -0.456 e. The zero-order chi connectivity index (χ0) is 42.5. The highest BCUT2D eigenvalue weighted by atomic mass is 32.1. The quantitative estimate of drug-likeness (QED) is 0.154. The molecule has 0 bridgehead atoms. The molecular weight excluding hydrogens is 796 g/mol. The van der Waals surface area contributed by atoms with Gasteiger partial charge in [0.2, 0.25) is 0 Å². The van der Waals surface area contributed by atoms with E-state index in [9.17, 15) is 0 Å². The molecule has 306 valence electrons. The molecule has 0 radical (unpaired) electrons. The second-order valence-corrected chi connectivity index (χ2v) is 21.7. The second kappa shape index (κ2) is 12.0. The molecule has 0 saturated heterocycles. The molecule has 0 amide bonds. The molecule has 2 aliphatic carbocycles. The largest absolute Gasteiger partial charge is 0.456 e. The summed E-state index contributed by atoms with van der Waals surface area (Å²) in [5.74, 6) is 0. The van der Waals surface area contributed by atoms with Crippen molar-refractivity contribution >= 4 is 104 Å². The first kappa shape index (κ1) is 35.9. The number of aromatic nitrogens is 1. The first-order valence-electron chi connectivity index (χ1n) is 23.2. The molecule has 2 aliphatic heterocycles. The number of anilines is 2. The SMILES string of the molecule is CC(C)(C)c1ccc(N2B3c4cc5oc6ccccc6c5cc4-n4c5cc6c(cc5c5c7sc8ccccc8c7c(c3c54)-c3cc4c(cc32)-c2ccccc2C4(C)C)CCCC6)cc1. The van der Waals surface area contributed by atoms with Gasteiger partial charge in [-0.05, 0) is 147 Å². The van der Waals surface area contributed by atoms with Crippen molar-refractivity contribution in [1.82, 2.24) is 4.57 Å².